The summed E-state index contributed by atoms with van der Waals surface area (Å²) in [5, 5.41) is 0. The van der Waals surface area contributed by atoms with E-state index in [1.54, 1.807) is 26.0 Å². The van der Waals surface area contributed by atoms with Crippen LogP contribution in [0.2, 0.25) is 0 Å². The van der Waals surface area contributed by atoms with Crippen LogP contribution in [0.25, 0.3) is 0 Å². The molecule has 0 radical (unpaired) electrons. The molecule has 0 aliphatic rings. The van der Waals surface area contributed by atoms with Crippen molar-refractivity contribution in [3.63, 3.8) is 0 Å². The lowest BCUT2D eigenvalue weighted by atomic mass is 10.1. The SMILES string of the molecule is COc1cc(CCN)cc(SC)c1OC.Cl. The predicted molar refractivity (Wildman–Crippen MR) is 71.3 cm³/mol. The van der Waals surface area contributed by atoms with Gasteiger partial charge in [0.15, 0.2) is 11.5 Å². The minimum absolute atomic E-state index is 0. The molecule has 1 rings (SSSR count). The van der Waals surface area contributed by atoms with Crippen LogP contribution in [0.4, 0.5) is 0 Å². The Balaban J connectivity index is 0.00000225. The number of rotatable bonds is 5. The fraction of sp³-hybridized carbons (Fsp3) is 0.455. The molecular formula is C11H18ClNO2S. The quantitative estimate of drug-likeness (QED) is 0.829. The summed E-state index contributed by atoms with van der Waals surface area (Å²) in [5.41, 5.74) is 6.72. The van der Waals surface area contributed by atoms with Crippen LogP contribution in [0.3, 0.4) is 0 Å². The van der Waals surface area contributed by atoms with E-state index in [2.05, 4.69) is 6.07 Å². The largest absolute Gasteiger partial charge is 0.493 e. The number of halogens is 1. The van der Waals surface area contributed by atoms with Crippen LogP contribution >= 0.6 is 24.2 Å². The van der Waals surface area contributed by atoms with Gasteiger partial charge in [-0.2, -0.15) is 0 Å². The van der Waals surface area contributed by atoms with Gasteiger partial charge in [-0.25, -0.2) is 0 Å². The van der Waals surface area contributed by atoms with Crippen LogP contribution in [0.1, 0.15) is 5.56 Å². The molecule has 1 aromatic rings. The summed E-state index contributed by atoms with van der Waals surface area (Å²) in [6, 6.07) is 4.07. The third-order valence-electron chi connectivity index (χ3n) is 2.16. The van der Waals surface area contributed by atoms with E-state index in [-0.39, 0.29) is 12.4 Å². The van der Waals surface area contributed by atoms with Crippen LogP contribution in [0.15, 0.2) is 17.0 Å². The first kappa shape index (κ1) is 15.4. The van der Waals surface area contributed by atoms with Crippen molar-refractivity contribution in [1.82, 2.24) is 0 Å². The Morgan fingerprint density at radius 1 is 1.25 bits per heavy atom. The molecule has 16 heavy (non-hydrogen) atoms. The summed E-state index contributed by atoms with van der Waals surface area (Å²) in [6.45, 7) is 0.642. The van der Waals surface area contributed by atoms with Crippen molar-refractivity contribution in [3.05, 3.63) is 17.7 Å². The second-order valence-corrected chi connectivity index (χ2v) is 3.92. The van der Waals surface area contributed by atoms with E-state index < -0.39 is 0 Å². The summed E-state index contributed by atoms with van der Waals surface area (Å²) >= 11 is 1.64. The number of nitrogens with two attached hydrogens (primary N) is 1. The van der Waals surface area contributed by atoms with Crippen LogP contribution in [-0.2, 0) is 6.42 Å². The highest BCUT2D eigenvalue weighted by atomic mass is 35.5. The van der Waals surface area contributed by atoms with Crippen molar-refractivity contribution in [2.24, 2.45) is 5.73 Å². The van der Waals surface area contributed by atoms with Gasteiger partial charge in [-0.1, -0.05) is 0 Å². The third kappa shape index (κ3) is 3.47. The van der Waals surface area contributed by atoms with Gasteiger partial charge in [0.05, 0.1) is 19.1 Å². The number of benzene rings is 1. The van der Waals surface area contributed by atoms with Gasteiger partial charge >= 0.3 is 0 Å². The van der Waals surface area contributed by atoms with E-state index in [4.69, 9.17) is 15.2 Å². The van der Waals surface area contributed by atoms with E-state index in [1.165, 1.54) is 5.56 Å². The van der Waals surface area contributed by atoms with Crippen molar-refractivity contribution in [3.8, 4) is 11.5 Å². The highest BCUT2D eigenvalue weighted by Gasteiger charge is 2.11. The van der Waals surface area contributed by atoms with Gasteiger partial charge < -0.3 is 15.2 Å². The summed E-state index contributed by atoms with van der Waals surface area (Å²) in [7, 11) is 3.30. The molecule has 0 unspecified atom stereocenters. The van der Waals surface area contributed by atoms with Crippen LogP contribution in [0.5, 0.6) is 11.5 Å². The van der Waals surface area contributed by atoms with Crippen LogP contribution in [-0.4, -0.2) is 27.0 Å². The van der Waals surface area contributed by atoms with Gasteiger partial charge in [0.25, 0.3) is 0 Å². The molecule has 0 spiro atoms. The van der Waals surface area contributed by atoms with E-state index in [9.17, 15) is 0 Å². The number of thioether (sulfide) groups is 1. The zero-order chi connectivity index (χ0) is 11.3. The molecule has 0 aromatic heterocycles. The average Bonchev–Trinajstić information content (AvgIpc) is 2.28. The lowest BCUT2D eigenvalue weighted by molar-refractivity contribution is 0.347. The van der Waals surface area contributed by atoms with E-state index in [0.29, 0.717) is 6.54 Å². The smallest absolute Gasteiger partial charge is 0.174 e. The zero-order valence-corrected chi connectivity index (χ0v) is 11.4. The zero-order valence-electron chi connectivity index (χ0n) is 9.78. The molecule has 92 valence electrons. The van der Waals surface area contributed by atoms with Gasteiger partial charge in [-0.3, -0.25) is 0 Å². The van der Waals surface area contributed by atoms with Crippen molar-refractivity contribution in [2.75, 3.05) is 27.0 Å². The Labute approximate surface area is 107 Å². The van der Waals surface area contributed by atoms with E-state index in [1.807, 2.05) is 12.3 Å². The fourth-order valence-electron chi connectivity index (χ4n) is 1.45. The number of methoxy groups -OCH3 is 2. The highest BCUT2D eigenvalue weighted by Crippen LogP contribution is 2.37. The van der Waals surface area contributed by atoms with Crippen molar-refractivity contribution in [2.45, 2.75) is 11.3 Å². The van der Waals surface area contributed by atoms with Crippen molar-refractivity contribution in [1.29, 1.82) is 0 Å². The average molecular weight is 264 g/mol. The number of hydrogen-bond donors (Lipinski definition) is 1. The molecule has 0 aliphatic heterocycles. The highest BCUT2D eigenvalue weighted by molar-refractivity contribution is 7.98. The summed E-state index contributed by atoms with van der Waals surface area (Å²) in [4.78, 5) is 1.08. The molecular weight excluding hydrogens is 246 g/mol. The lowest BCUT2D eigenvalue weighted by Gasteiger charge is -2.13. The molecule has 0 fully saturated rings. The van der Waals surface area contributed by atoms with Crippen molar-refractivity contribution < 1.29 is 9.47 Å². The number of hydrogen-bond acceptors (Lipinski definition) is 4. The molecule has 3 nitrogen and oxygen atoms in total. The molecule has 0 bridgehead atoms. The maximum atomic E-state index is 5.54. The van der Waals surface area contributed by atoms with E-state index >= 15 is 0 Å². The summed E-state index contributed by atoms with van der Waals surface area (Å²) in [6.07, 6.45) is 2.87. The van der Waals surface area contributed by atoms with Crippen molar-refractivity contribution >= 4 is 24.2 Å². The lowest BCUT2D eigenvalue weighted by Crippen LogP contribution is -2.03. The van der Waals surface area contributed by atoms with E-state index in [0.717, 1.165) is 22.8 Å². The summed E-state index contributed by atoms with van der Waals surface area (Å²) < 4.78 is 10.6. The Hall–Kier alpha value is -0.580. The maximum Gasteiger partial charge on any atom is 0.174 e. The molecule has 0 aliphatic carbocycles. The fourth-order valence-corrected chi connectivity index (χ4v) is 2.08. The Bertz CT molecular complexity index is 309. The molecule has 0 heterocycles. The first-order chi connectivity index (χ1) is 7.26. The minimum atomic E-state index is 0. The normalized spacial score (nSPS) is 9.50. The number of ether oxygens (including phenoxy) is 2. The molecule has 2 N–H and O–H groups in total. The molecule has 0 saturated heterocycles. The van der Waals surface area contributed by atoms with Gasteiger partial charge in [-0.15, -0.1) is 24.2 Å². The molecule has 5 heteroatoms. The molecule has 0 saturated carbocycles. The Morgan fingerprint density at radius 2 is 1.94 bits per heavy atom. The molecule has 0 amide bonds. The first-order valence-electron chi connectivity index (χ1n) is 4.75. The maximum absolute atomic E-state index is 5.54. The monoisotopic (exact) mass is 263 g/mol. The topological polar surface area (TPSA) is 44.5 Å². The standard InChI is InChI=1S/C11H17NO2S.ClH/c1-13-9-6-8(4-5-12)7-10(15-3)11(9)14-2;/h6-7H,4-5,12H2,1-3H3;1H. The predicted octanol–water partition coefficient (Wildman–Crippen LogP) is 2.35. The van der Waals surface area contributed by atoms with Gasteiger partial charge in [0.2, 0.25) is 0 Å². The van der Waals surface area contributed by atoms with Gasteiger partial charge in [0, 0.05) is 0 Å². The Morgan fingerprint density at radius 3 is 2.38 bits per heavy atom. The molecule has 1 aromatic carbocycles. The van der Waals surface area contributed by atoms with Gasteiger partial charge in [0.1, 0.15) is 0 Å². The molecule has 0 atom stereocenters. The summed E-state index contributed by atoms with van der Waals surface area (Å²) in [5.74, 6) is 1.57. The van der Waals surface area contributed by atoms with Crippen LogP contribution < -0.4 is 15.2 Å². The minimum Gasteiger partial charge on any atom is -0.493 e. The third-order valence-corrected chi connectivity index (χ3v) is 2.90. The van der Waals surface area contributed by atoms with Crippen LogP contribution in [0, 0.1) is 0 Å². The Kier molecular flexibility index (Phi) is 7.38. The first-order valence-corrected chi connectivity index (χ1v) is 5.98. The second kappa shape index (κ2) is 7.65. The second-order valence-electron chi connectivity index (χ2n) is 3.07. The van der Waals surface area contributed by atoms with Gasteiger partial charge in [-0.05, 0) is 36.9 Å².